The van der Waals surface area contributed by atoms with Crippen molar-refractivity contribution in [3.05, 3.63) is 64.7 Å². The number of carboxylic acids is 1. The summed E-state index contributed by atoms with van der Waals surface area (Å²) in [5.41, 5.74) is -1.76. The highest BCUT2D eigenvalue weighted by Gasteiger charge is 2.37. The minimum atomic E-state index is -4.75. The fraction of sp³-hybridized carbons (Fsp3) is 0.519. The second-order valence-electron chi connectivity index (χ2n) is 9.72. The molecule has 0 aromatic heterocycles. The number of rotatable bonds is 8. The number of benzene rings is 2. The van der Waals surface area contributed by atoms with Gasteiger partial charge in [0.25, 0.3) is 0 Å². The Balaban J connectivity index is 0.00000118. The van der Waals surface area contributed by atoms with E-state index in [0.717, 1.165) is 5.56 Å². The summed E-state index contributed by atoms with van der Waals surface area (Å²) in [5, 5.41) is 9.05. The Bertz CT molecular complexity index is 1050. The van der Waals surface area contributed by atoms with Crippen LogP contribution in [0.1, 0.15) is 54.9 Å². The number of carbonyl (C=O) groups is 1. The summed E-state index contributed by atoms with van der Waals surface area (Å²) in [5.74, 6) is -0.879. The van der Waals surface area contributed by atoms with E-state index in [-0.39, 0.29) is 12.5 Å². The largest absolute Gasteiger partial charge is 0.493 e. The van der Waals surface area contributed by atoms with Gasteiger partial charge in [0.05, 0.1) is 23.7 Å². The van der Waals surface area contributed by atoms with Crippen molar-refractivity contribution < 1.29 is 41.0 Å². The van der Waals surface area contributed by atoms with E-state index in [9.17, 15) is 31.1 Å². The number of nitrogens with zero attached hydrogens (tertiary/aromatic N) is 1. The highest BCUT2D eigenvalue weighted by atomic mass is 19.4. The quantitative estimate of drug-likeness (QED) is 0.371. The van der Waals surface area contributed by atoms with Crippen molar-refractivity contribution in [3.63, 3.8) is 0 Å². The van der Waals surface area contributed by atoms with Gasteiger partial charge in [0.1, 0.15) is 5.75 Å². The predicted octanol–water partition coefficient (Wildman–Crippen LogP) is 7.06. The predicted molar refractivity (Wildman–Crippen MR) is 126 cm³/mol. The highest BCUT2D eigenvalue weighted by Crippen LogP contribution is 2.37. The van der Waals surface area contributed by atoms with E-state index in [0.29, 0.717) is 56.5 Å². The molecule has 0 amide bonds. The van der Waals surface area contributed by atoms with Crippen LogP contribution in [0.3, 0.4) is 0 Å². The molecule has 0 radical (unpaired) electrons. The first-order chi connectivity index (χ1) is 17.3. The summed E-state index contributed by atoms with van der Waals surface area (Å²) in [7, 11) is 0. The van der Waals surface area contributed by atoms with Crippen LogP contribution >= 0.6 is 0 Å². The van der Waals surface area contributed by atoms with Gasteiger partial charge in [-0.2, -0.15) is 26.3 Å². The van der Waals surface area contributed by atoms with E-state index in [1.165, 1.54) is 19.3 Å². The molecule has 2 atom stereocenters. The van der Waals surface area contributed by atoms with E-state index in [2.05, 4.69) is 0 Å². The molecule has 1 aliphatic heterocycles. The molecule has 0 spiro atoms. The average molecular weight is 532 g/mol. The average Bonchev–Trinajstić information content (AvgIpc) is 3.63. The third-order valence-corrected chi connectivity index (χ3v) is 6.20. The molecule has 2 fully saturated rings. The lowest BCUT2D eigenvalue weighted by molar-refractivity contribution is -0.142. The lowest BCUT2D eigenvalue weighted by Gasteiger charge is -2.21. The zero-order valence-electron chi connectivity index (χ0n) is 20.5. The number of carboxylic acid groups (broad SMARTS) is 1. The number of halogens is 6. The Hall–Kier alpha value is -2.75. The first kappa shape index (κ1) is 28.8. The minimum Gasteiger partial charge on any atom is -0.493 e. The first-order valence-corrected chi connectivity index (χ1v) is 12.3. The van der Waals surface area contributed by atoms with Crippen LogP contribution in [0.25, 0.3) is 0 Å². The third kappa shape index (κ3) is 9.25. The standard InChI is InChI=1S/C24H25F6NO3.C3H6/c1-15(22(32)33)9-16-3-2-4-20(10-16)34-14-17-7-8-31(12-17)13-18-11-19(23(25,26)27)5-6-21(18)24(28,29)30;1-2-3-1/h2-6,10-11,15,17H,7-9,12-14H2,1H3,(H,32,33);1-3H2/t15-,17?;/m0./s1. The molecule has 2 aromatic rings. The van der Waals surface area contributed by atoms with E-state index in [1.807, 2.05) is 0 Å². The van der Waals surface area contributed by atoms with Crippen LogP contribution in [0.15, 0.2) is 42.5 Å². The van der Waals surface area contributed by atoms with Gasteiger partial charge < -0.3 is 9.84 Å². The van der Waals surface area contributed by atoms with Crippen LogP contribution < -0.4 is 4.74 Å². The van der Waals surface area contributed by atoms with Crippen LogP contribution in [0, 0.1) is 11.8 Å². The molecule has 204 valence electrons. The van der Waals surface area contributed by atoms with Crippen molar-refractivity contribution in [1.82, 2.24) is 4.90 Å². The molecule has 2 aromatic carbocycles. The van der Waals surface area contributed by atoms with E-state index < -0.39 is 40.9 Å². The van der Waals surface area contributed by atoms with Gasteiger partial charge in [0, 0.05) is 19.0 Å². The van der Waals surface area contributed by atoms with Crippen LogP contribution in [-0.2, 0) is 30.1 Å². The van der Waals surface area contributed by atoms with E-state index >= 15 is 0 Å². The lowest BCUT2D eigenvalue weighted by Crippen LogP contribution is -2.24. The molecular formula is C27H31F6NO3. The molecule has 4 nitrogen and oxygen atoms in total. The SMILES string of the molecule is C1CC1.C[C@@H](Cc1cccc(OCC2CCN(Cc3cc(C(F)(F)F)ccc3C(F)(F)F)C2)c1)C(=O)O. The number of aliphatic carboxylic acids is 1. The summed E-state index contributed by atoms with van der Waals surface area (Å²) in [6.45, 7) is 2.50. The number of hydrogen-bond donors (Lipinski definition) is 1. The summed E-state index contributed by atoms with van der Waals surface area (Å²) >= 11 is 0. The fourth-order valence-corrected chi connectivity index (χ4v) is 4.03. The molecular weight excluding hydrogens is 500 g/mol. The maximum atomic E-state index is 13.3. The Labute approximate surface area is 212 Å². The second-order valence-corrected chi connectivity index (χ2v) is 9.72. The second kappa shape index (κ2) is 12.2. The van der Waals surface area contributed by atoms with E-state index in [4.69, 9.17) is 9.84 Å². The highest BCUT2D eigenvalue weighted by molar-refractivity contribution is 5.69. The zero-order valence-corrected chi connectivity index (χ0v) is 20.5. The monoisotopic (exact) mass is 531 g/mol. The van der Waals surface area contributed by atoms with Gasteiger partial charge in [0.15, 0.2) is 0 Å². The van der Waals surface area contributed by atoms with Gasteiger partial charge in [0.2, 0.25) is 0 Å². The van der Waals surface area contributed by atoms with Crippen LogP contribution in [-0.4, -0.2) is 35.7 Å². The smallest absolute Gasteiger partial charge is 0.416 e. The maximum Gasteiger partial charge on any atom is 0.416 e. The normalized spacial score (nSPS) is 18.6. The first-order valence-electron chi connectivity index (χ1n) is 12.3. The Kier molecular flexibility index (Phi) is 9.50. The molecule has 37 heavy (non-hydrogen) atoms. The van der Waals surface area contributed by atoms with Crippen molar-refractivity contribution in [1.29, 1.82) is 0 Å². The van der Waals surface area contributed by atoms with E-state index in [1.54, 1.807) is 36.1 Å². The molecule has 4 rings (SSSR count). The topological polar surface area (TPSA) is 49.8 Å². The number of ether oxygens (including phenoxy) is 1. The van der Waals surface area contributed by atoms with Gasteiger partial charge in [-0.05, 0) is 60.8 Å². The third-order valence-electron chi connectivity index (χ3n) is 6.20. The van der Waals surface area contributed by atoms with Crippen LogP contribution in [0.5, 0.6) is 5.75 Å². The Morgan fingerprint density at radius 2 is 1.76 bits per heavy atom. The number of alkyl halides is 6. The van der Waals surface area contributed by atoms with Crippen molar-refractivity contribution in [2.75, 3.05) is 19.7 Å². The summed E-state index contributed by atoms with van der Waals surface area (Å²) in [6, 6.07) is 8.58. The maximum absolute atomic E-state index is 13.3. The number of hydrogen-bond acceptors (Lipinski definition) is 3. The molecule has 2 aliphatic rings. The molecule has 1 heterocycles. The minimum absolute atomic E-state index is 0.00161. The molecule has 10 heteroatoms. The van der Waals surface area contributed by atoms with Crippen molar-refractivity contribution in [2.45, 2.75) is 57.9 Å². The Morgan fingerprint density at radius 3 is 2.35 bits per heavy atom. The van der Waals surface area contributed by atoms with Gasteiger partial charge >= 0.3 is 18.3 Å². The van der Waals surface area contributed by atoms with Crippen LogP contribution in [0.4, 0.5) is 26.3 Å². The van der Waals surface area contributed by atoms with Gasteiger partial charge in [-0.15, -0.1) is 0 Å². The molecule has 1 N–H and O–H groups in total. The number of likely N-dealkylation sites (tertiary alicyclic amines) is 1. The molecule has 1 aliphatic carbocycles. The van der Waals surface area contributed by atoms with Crippen molar-refractivity contribution in [2.24, 2.45) is 11.8 Å². The summed E-state index contributed by atoms with van der Waals surface area (Å²) in [4.78, 5) is 12.7. The van der Waals surface area contributed by atoms with Gasteiger partial charge in [-0.3, -0.25) is 9.69 Å². The van der Waals surface area contributed by atoms with Crippen molar-refractivity contribution >= 4 is 5.97 Å². The molecule has 1 unspecified atom stereocenters. The fourth-order valence-electron chi connectivity index (χ4n) is 4.03. The van der Waals surface area contributed by atoms with Gasteiger partial charge in [-0.25, -0.2) is 0 Å². The lowest BCUT2D eigenvalue weighted by atomic mass is 10.0. The Morgan fingerprint density at radius 1 is 1.05 bits per heavy atom. The van der Waals surface area contributed by atoms with Crippen LogP contribution in [0.2, 0.25) is 0 Å². The zero-order chi connectivity index (χ0) is 27.2. The molecule has 0 bridgehead atoms. The van der Waals surface area contributed by atoms with Crippen molar-refractivity contribution in [3.8, 4) is 5.75 Å². The summed E-state index contributed by atoms with van der Waals surface area (Å²) in [6.07, 6.45) is -3.99. The molecule has 1 saturated heterocycles. The molecule has 1 saturated carbocycles. The van der Waals surface area contributed by atoms with Gasteiger partial charge in [-0.1, -0.05) is 38.3 Å². The summed E-state index contributed by atoms with van der Waals surface area (Å²) < 4.78 is 84.9.